The van der Waals surface area contributed by atoms with E-state index < -0.39 is 0 Å². The lowest BCUT2D eigenvalue weighted by molar-refractivity contribution is -0.117. The van der Waals surface area contributed by atoms with Crippen molar-refractivity contribution in [3.8, 4) is 0 Å². The molecule has 4 heteroatoms. The average Bonchev–Trinajstić information content (AvgIpc) is 2.52. The number of hydrogen-bond acceptors (Lipinski definition) is 3. The molecule has 0 atom stereocenters. The van der Waals surface area contributed by atoms with Crippen LogP contribution >= 0.6 is 0 Å². The number of nitrogens with two attached hydrogens (primary N) is 1. The Bertz CT molecular complexity index is 291. The zero-order chi connectivity index (χ0) is 9.84. The Morgan fingerprint density at radius 1 is 1.69 bits per heavy atom. The monoisotopic (exact) mass is 181 g/mol. The van der Waals surface area contributed by atoms with Gasteiger partial charge in [-0.1, -0.05) is 0 Å². The van der Waals surface area contributed by atoms with Crippen LogP contribution in [0.2, 0.25) is 0 Å². The van der Waals surface area contributed by atoms with Gasteiger partial charge in [0.15, 0.2) is 5.78 Å². The fourth-order valence-corrected chi connectivity index (χ4v) is 1.03. The fourth-order valence-electron chi connectivity index (χ4n) is 1.03. The zero-order valence-electron chi connectivity index (χ0n) is 8.03. The number of aromatic nitrogens is 2. The van der Waals surface area contributed by atoms with Crippen LogP contribution in [0.4, 0.5) is 0 Å². The van der Waals surface area contributed by atoms with Crippen molar-refractivity contribution < 1.29 is 4.79 Å². The fraction of sp³-hybridized carbons (Fsp3) is 0.556. The third-order valence-electron chi connectivity index (χ3n) is 1.80. The maximum absolute atomic E-state index is 11.0. The van der Waals surface area contributed by atoms with E-state index in [-0.39, 0.29) is 12.3 Å². The van der Waals surface area contributed by atoms with Crippen LogP contribution in [-0.2, 0) is 11.2 Å². The molecular formula is C9H15N3O. The summed E-state index contributed by atoms with van der Waals surface area (Å²) in [5.74, 6) is 0.0222. The number of hydrogen-bond donors (Lipinski definition) is 1. The van der Waals surface area contributed by atoms with Crippen molar-refractivity contribution in [2.45, 2.75) is 26.3 Å². The molecule has 72 valence electrons. The van der Waals surface area contributed by atoms with E-state index in [2.05, 4.69) is 5.10 Å². The van der Waals surface area contributed by atoms with Gasteiger partial charge in [0, 0.05) is 12.2 Å². The highest BCUT2D eigenvalue weighted by Crippen LogP contribution is 2.04. The van der Waals surface area contributed by atoms with Crippen molar-refractivity contribution in [2.75, 3.05) is 6.54 Å². The third-order valence-corrected chi connectivity index (χ3v) is 1.80. The molecule has 0 spiro atoms. The Morgan fingerprint density at radius 2 is 2.38 bits per heavy atom. The second-order valence-electron chi connectivity index (χ2n) is 3.30. The molecule has 0 aromatic carbocycles. The molecule has 0 unspecified atom stereocenters. The van der Waals surface area contributed by atoms with Gasteiger partial charge in [0.05, 0.1) is 18.7 Å². The first-order chi connectivity index (χ1) is 6.13. The van der Waals surface area contributed by atoms with Crippen LogP contribution < -0.4 is 5.73 Å². The van der Waals surface area contributed by atoms with Crippen LogP contribution in [0, 0.1) is 0 Å². The number of rotatable bonds is 4. The standard InChI is InChI=1S/C9H15N3O/c1-7(2)12-4-3-8(11-12)5-9(13)6-10/h3-4,7H,5-6,10H2,1-2H3. The van der Waals surface area contributed by atoms with Gasteiger partial charge < -0.3 is 5.73 Å². The Kier molecular flexibility index (Phi) is 3.19. The van der Waals surface area contributed by atoms with Crippen LogP contribution in [0.5, 0.6) is 0 Å². The summed E-state index contributed by atoms with van der Waals surface area (Å²) in [6.07, 6.45) is 2.22. The van der Waals surface area contributed by atoms with E-state index in [0.29, 0.717) is 12.5 Å². The van der Waals surface area contributed by atoms with Gasteiger partial charge in [0.25, 0.3) is 0 Å². The second kappa shape index (κ2) is 4.18. The molecule has 13 heavy (non-hydrogen) atoms. The zero-order valence-corrected chi connectivity index (χ0v) is 8.03. The minimum absolute atomic E-state index is 0.0222. The van der Waals surface area contributed by atoms with E-state index in [0.717, 1.165) is 5.69 Å². The number of Topliss-reactive ketones (excluding diaryl/α,β-unsaturated/α-hetero) is 1. The highest BCUT2D eigenvalue weighted by Gasteiger charge is 2.05. The topological polar surface area (TPSA) is 60.9 Å². The van der Waals surface area contributed by atoms with E-state index >= 15 is 0 Å². The van der Waals surface area contributed by atoms with Gasteiger partial charge in [0.2, 0.25) is 0 Å². The molecule has 1 rings (SSSR count). The Morgan fingerprint density at radius 3 is 2.85 bits per heavy atom. The molecule has 0 bridgehead atoms. The highest BCUT2D eigenvalue weighted by atomic mass is 16.1. The lowest BCUT2D eigenvalue weighted by Crippen LogP contribution is -2.16. The maximum atomic E-state index is 11.0. The van der Waals surface area contributed by atoms with Crippen molar-refractivity contribution in [3.05, 3.63) is 18.0 Å². The average molecular weight is 181 g/mol. The lowest BCUT2D eigenvalue weighted by atomic mass is 10.2. The van der Waals surface area contributed by atoms with Crippen molar-refractivity contribution in [1.29, 1.82) is 0 Å². The van der Waals surface area contributed by atoms with E-state index in [4.69, 9.17) is 5.73 Å². The molecule has 1 heterocycles. The molecule has 1 aromatic heterocycles. The van der Waals surface area contributed by atoms with Crippen LogP contribution in [0.15, 0.2) is 12.3 Å². The Labute approximate surface area is 77.7 Å². The molecule has 0 aliphatic rings. The van der Waals surface area contributed by atoms with Crippen LogP contribution in [0.3, 0.4) is 0 Å². The van der Waals surface area contributed by atoms with E-state index in [1.807, 2.05) is 30.8 Å². The normalized spacial score (nSPS) is 10.8. The molecule has 0 radical (unpaired) electrons. The minimum atomic E-state index is 0.0222. The first-order valence-corrected chi connectivity index (χ1v) is 4.39. The molecule has 0 amide bonds. The van der Waals surface area contributed by atoms with Gasteiger partial charge in [-0.3, -0.25) is 9.48 Å². The first-order valence-electron chi connectivity index (χ1n) is 4.39. The summed E-state index contributed by atoms with van der Waals surface area (Å²) in [7, 11) is 0. The number of ketones is 1. The number of carbonyl (C=O) groups is 1. The molecule has 0 aliphatic carbocycles. The van der Waals surface area contributed by atoms with Gasteiger partial charge >= 0.3 is 0 Å². The van der Waals surface area contributed by atoms with Crippen LogP contribution in [0.1, 0.15) is 25.6 Å². The summed E-state index contributed by atoms with van der Waals surface area (Å²) in [6, 6.07) is 2.19. The largest absolute Gasteiger partial charge is 0.324 e. The summed E-state index contributed by atoms with van der Waals surface area (Å²) in [5.41, 5.74) is 6.00. The van der Waals surface area contributed by atoms with Gasteiger partial charge in [-0.25, -0.2) is 0 Å². The lowest BCUT2D eigenvalue weighted by Gasteiger charge is -2.03. The number of carbonyl (C=O) groups excluding carboxylic acids is 1. The second-order valence-corrected chi connectivity index (χ2v) is 3.30. The van der Waals surface area contributed by atoms with Crippen molar-refractivity contribution in [1.82, 2.24) is 9.78 Å². The molecule has 0 saturated carbocycles. The van der Waals surface area contributed by atoms with E-state index in [1.54, 1.807) is 0 Å². The predicted molar refractivity (Wildman–Crippen MR) is 50.4 cm³/mol. The van der Waals surface area contributed by atoms with E-state index in [9.17, 15) is 4.79 Å². The molecule has 0 saturated heterocycles. The van der Waals surface area contributed by atoms with Crippen LogP contribution in [0.25, 0.3) is 0 Å². The quantitative estimate of drug-likeness (QED) is 0.737. The van der Waals surface area contributed by atoms with Crippen molar-refractivity contribution in [2.24, 2.45) is 5.73 Å². The van der Waals surface area contributed by atoms with Crippen LogP contribution in [-0.4, -0.2) is 22.1 Å². The molecule has 1 aromatic rings. The molecule has 2 N–H and O–H groups in total. The van der Waals surface area contributed by atoms with Crippen molar-refractivity contribution in [3.63, 3.8) is 0 Å². The summed E-state index contributed by atoms with van der Waals surface area (Å²) < 4.78 is 1.83. The predicted octanol–water partition coefficient (Wildman–Crippen LogP) is 0.534. The van der Waals surface area contributed by atoms with E-state index in [1.165, 1.54) is 0 Å². The minimum Gasteiger partial charge on any atom is -0.324 e. The SMILES string of the molecule is CC(C)n1ccc(CC(=O)CN)n1. The smallest absolute Gasteiger partial charge is 0.152 e. The molecule has 0 fully saturated rings. The summed E-state index contributed by atoms with van der Waals surface area (Å²) in [6.45, 7) is 4.18. The van der Waals surface area contributed by atoms with Gasteiger partial charge in [-0.2, -0.15) is 5.10 Å². The highest BCUT2D eigenvalue weighted by molar-refractivity contribution is 5.82. The molecule has 0 aliphatic heterocycles. The van der Waals surface area contributed by atoms with Crippen molar-refractivity contribution >= 4 is 5.78 Å². The first kappa shape index (κ1) is 9.92. The Balaban J connectivity index is 2.64. The molecule has 4 nitrogen and oxygen atoms in total. The van der Waals surface area contributed by atoms with Gasteiger partial charge in [0.1, 0.15) is 0 Å². The Hall–Kier alpha value is -1.16. The third kappa shape index (κ3) is 2.66. The summed E-state index contributed by atoms with van der Waals surface area (Å²) >= 11 is 0. The van der Waals surface area contributed by atoms with Gasteiger partial charge in [-0.15, -0.1) is 0 Å². The summed E-state index contributed by atoms with van der Waals surface area (Å²) in [5, 5.41) is 4.24. The molecular weight excluding hydrogens is 166 g/mol. The summed E-state index contributed by atoms with van der Waals surface area (Å²) in [4.78, 5) is 11.0. The van der Waals surface area contributed by atoms with Gasteiger partial charge in [-0.05, 0) is 19.9 Å². The number of nitrogens with zero attached hydrogens (tertiary/aromatic N) is 2. The maximum Gasteiger partial charge on any atom is 0.152 e.